The van der Waals surface area contributed by atoms with E-state index in [0.29, 0.717) is 23.1 Å². The molecular weight excluding hydrogens is 690 g/mol. The van der Waals surface area contributed by atoms with E-state index in [2.05, 4.69) is 40.6 Å². The van der Waals surface area contributed by atoms with E-state index in [-0.39, 0.29) is 27.7 Å². The number of rotatable bonds is 13. The minimum absolute atomic E-state index is 0.0356. The summed E-state index contributed by atoms with van der Waals surface area (Å²) in [5.41, 5.74) is -0.0667. The predicted molar refractivity (Wildman–Crippen MR) is 184 cm³/mol. The third kappa shape index (κ3) is 6.50. The lowest BCUT2D eigenvalue weighted by atomic mass is 10.1. The number of hydrogen-bond donors (Lipinski definition) is 0. The lowest BCUT2D eigenvalue weighted by Crippen LogP contribution is -2.22. The number of halogens is 1. The molecule has 0 saturated carbocycles. The van der Waals surface area contributed by atoms with E-state index in [4.69, 9.17) is 31.3 Å². The summed E-state index contributed by atoms with van der Waals surface area (Å²) in [6.45, 7) is 6.76. The first-order chi connectivity index (χ1) is 25.3. The average molecular weight is 736 g/mol. The van der Waals surface area contributed by atoms with E-state index in [1.165, 1.54) is 22.9 Å². The summed E-state index contributed by atoms with van der Waals surface area (Å²) in [6.07, 6.45) is 1.39. The third-order valence-electron chi connectivity index (χ3n) is 7.16. The Hall–Kier alpha value is -3.91. The molecule has 5 rings (SSSR count). The number of benzene rings is 3. The molecule has 10 nitrogen and oxygen atoms in total. The van der Waals surface area contributed by atoms with Crippen LogP contribution in [-0.2, 0) is 21.5 Å². The van der Waals surface area contributed by atoms with Gasteiger partial charge >= 0.3 is 0 Å². The normalized spacial score (nSPS) is 15.7. The summed E-state index contributed by atoms with van der Waals surface area (Å²) in [7, 11) is -15.3. The highest BCUT2D eigenvalue weighted by Gasteiger charge is 2.29. The van der Waals surface area contributed by atoms with Gasteiger partial charge in [-0.3, -0.25) is 9.36 Å². The summed E-state index contributed by atoms with van der Waals surface area (Å²) in [4.78, 5) is 19.1. The van der Waals surface area contributed by atoms with E-state index in [0.717, 1.165) is 22.1 Å². The van der Waals surface area contributed by atoms with Gasteiger partial charge in [-0.15, -0.1) is 0 Å². The fraction of sp³-hybridized carbons (Fsp3) is 0.273. The second-order valence-electron chi connectivity index (χ2n) is 11.5. The van der Waals surface area contributed by atoms with Crippen molar-refractivity contribution in [3.05, 3.63) is 88.8 Å². The van der Waals surface area contributed by atoms with E-state index >= 15 is 0 Å². The van der Waals surface area contributed by atoms with Crippen molar-refractivity contribution in [3.8, 4) is 28.6 Å². The van der Waals surface area contributed by atoms with E-state index in [1.54, 1.807) is 42.5 Å². The number of para-hydroxylation sites is 1. The van der Waals surface area contributed by atoms with Crippen LogP contribution in [0.5, 0.6) is 17.2 Å². The van der Waals surface area contributed by atoms with Crippen LogP contribution in [0.25, 0.3) is 22.3 Å². The summed E-state index contributed by atoms with van der Waals surface area (Å²) in [6, 6.07) is 17.1. The number of ether oxygens (including phenoxy) is 4. The Morgan fingerprint density at radius 1 is 0.957 bits per heavy atom. The van der Waals surface area contributed by atoms with Crippen LogP contribution < -0.4 is 14.2 Å². The van der Waals surface area contributed by atoms with Gasteiger partial charge in [-0.05, 0) is 52.3 Å². The molecule has 242 valence electrons. The molecule has 0 aliphatic heterocycles. The van der Waals surface area contributed by atoms with Crippen LogP contribution in [0.3, 0.4) is 0 Å². The highest BCUT2D eigenvalue weighted by molar-refractivity contribution is 9.10. The van der Waals surface area contributed by atoms with Gasteiger partial charge in [0.1, 0.15) is 22.9 Å². The quantitative estimate of drug-likeness (QED) is 0.0718. The van der Waals surface area contributed by atoms with Gasteiger partial charge in [-0.1, -0.05) is 56.0 Å². The molecule has 13 heteroatoms. The van der Waals surface area contributed by atoms with Crippen LogP contribution in [0, 0.1) is 0 Å². The summed E-state index contributed by atoms with van der Waals surface area (Å²) in [5, 5.41) is 0.467. The van der Waals surface area contributed by atoms with Crippen molar-refractivity contribution in [1.29, 1.82) is 0 Å². The smallest absolute Gasteiger partial charge is 0.268 e. The van der Waals surface area contributed by atoms with Gasteiger partial charge in [0.25, 0.3) is 10.0 Å². The van der Waals surface area contributed by atoms with E-state index in [9.17, 15) is 13.2 Å². The Kier molecular flexibility index (Phi) is 6.84. The number of nitrogens with zero attached hydrogens (tertiary/aromatic N) is 3. The Balaban J connectivity index is 1.72. The van der Waals surface area contributed by atoms with E-state index < -0.39 is 67.8 Å². The van der Waals surface area contributed by atoms with Crippen molar-refractivity contribution < 1.29 is 44.5 Å². The van der Waals surface area contributed by atoms with E-state index in [1.807, 2.05) is 0 Å². The minimum Gasteiger partial charge on any atom is -0.493 e. The minimum atomic E-state index is -4.12. The monoisotopic (exact) mass is 734 g/mol. The SMILES string of the molecule is [2H]C([2H])([2H])Oc1cc(C(=O)c2nc(-c3cn(S(=O)(=O)c4ccccc4)c4ccccc34)n(COCC[Si](C)(C)C)c2Br)cc(OC([2H])([2H])[2H])c1OC([2H])([2H])[2H]. The van der Waals surface area contributed by atoms with Crippen molar-refractivity contribution >= 4 is 50.7 Å². The zero-order valence-corrected chi connectivity index (χ0v) is 28.4. The van der Waals surface area contributed by atoms with Crippen LogP contribution in [-0.4, -0.2) is 63.5 Å². The molecule has 2 aromatic heterocycles. The van der Waals surface area contributed by atoms with Gasteiger partial charge in [0.2, 0.25) is 11.5 Å². The summed E-state index contributed by atoms with van der Waals surface area (Å²) >= 11 is 3.47. The summed E-state index contributed by atoms with van der Waals surface area (Å²) < 4.78 is 120. The van der Waals surface area contributed by atoms with Crippen molar-refractivity contribution in [2.75, 3.05) is 27.7 Å². The highest BCUT2D eigenvalue weighted by Crippen LogP contribution is 2.40. The molecule has 0 unspecified atom stereocenters. The van der Waals surface area contributed by atoms with Crippen LogP contribution in [0.4, 0.5) is 0 Å². The first-order valence-corrected chi connectivity index (χ1v) is 19.8. The molecule has 0 amide bonds. The standard InChI is InChI=1S/C33H36BrN3O7SSi/c1-41-27-18-22(19-28(42-2)31(27)43-3)30(38)29-32(34)36(21-44-16-17-46(4,5)6)33(35-29)25-20-37(26-15-11-10-14-24(25)26)45(39,40)23-12-8-7-9-13-23/h7-15,18-20H,16-17,21H2,1-6H3/i1D3,2D3,3D3. The maximum absolute atomic E-state index is 14.4. The van der Waals surface area contributed by atoms with Crippen LogP contribution >= 0.6 is 15.9 Å². The second kappa shape index (κ2) is 13.4. The number of aromatic nitrogens is 3. The molecule has 0 radical (unpaired) electrons. The molecular formula is C33H36BrN3O7SSi. The Morgan fingerprint density at radius 3 is 2.26 bits per heavy atom. The lowest BCUT2D eigenvalue weighted by Gasteiger charge is -2.16. The van der Waals surface area contributed by atoms with Crippen LogP contribution in [0.1, 0.15) is 28.4 Å². The highest BCUT2D eigenvalue weighted by atomic mass is 79.9. The molecule has 0 spiro atoms. The number of fused-ring (bicyclic) bond motifs is 1. The van der Waals surface area contributed by atoms with Gasteiger partial charge in [0, 0.05) is 37.4 Å². The van der Waals surface area contributed by atoms with Crippen LogP contribution in [0.2, 0.25) is 25.7 Å². The second-order valence-corrected chi connectivity index (χ2v) is 19.6. The molecule has 0 N–H and O–H groups in total. The van der Waals surface area contributed by atoms with Gasteiger partial charge in [-0.2, -0.15) is 0 Å². The Morgan fingerprint density at radius 2 is 1.61 bits per heavy atom. The number of imidazole rings is 1. The topological polar surface area (TPSA) is 111 Å². The number of ketones is 1. The van der Waals surface area contributed by atoms with Gasteiger partial charge in [0.05, 0.1) is 43.9 Å². The van der Waals surface area contributed by atoms with Crippen molar-refractivity contribution in [2.24, 2.45) is 0 Å². The molecule has 0 fully saturated rings. The first-order valence-electron chi connectivity index (χ1n) is 18.4. The molecule has 0 aliphatic carbocycles. The maximum Gasteiger partial charge on any atom is 0.268 e. The maximum atomic E-state index is 14.4. The molecule has 46 heavy (non-hydrogen) atoms. The van der Waals surface area contributed by atoms with Gasteiger partial charge < -0.3 is 18.9 Å². The molecule has 5 aromatic rings. The van der Waals surface area contributed by atoms with Crippen LogP contribution in [0.15, 0.2) is 82.4 Å². The molecule has 0 saturated heterocycles. The number of carbonyl (C=O) groups excluding carboxylic acids is 1. The van der Waals surface area contributed by atoms with Crippen molar-refractivity contribution in [1.82, 2.24) is 13.5 Å². The molecule has 2 heterocycles. The van der Waals surface area contributed by atoms with Crippen molar-refractivity contribution in [2.45, 2.75) is 37.3 Å². The largest absolute Gasteiger partial charge is 0.493 e. The zero-order valence-electron chi connectivity index (χ0n) is 34.0. The first kappa shape index (κ1) is 23.4. The third-order valence-corrected chi connectivity index (χ3v) is 11.4. The molecule has 3 aromatic carbocycles. The zero-order chi connectivity index (χ0) is 40.7. The predicted octanol–water partition coefficient (Wildman–Crippen LogP) is 7.07. The number of methoxy groups -OCH3 is 3. The van der Waals surface area contributed by atoms with Gasteiger partial charge in [0.15, 0.2) is 11.5 Å². The number of hydrogen-bond acceptors (Lipinski definition) is 8. The van der Waals surface area contributed by atoms with Gasteiger partial charge in [-0.25, -0.2) is 17.4 Å². The lowest BCUT2D eigenvalue weighted by molar-refractivity contribution is 0.0867. The Labute approximate surface area is 290 Å². The Bertz CT molecular complexity index is 2280. The fourth-order valence-corrected chi connectivity index (χ4v) is 7.45. The average Bonchev–Trinajstić information content (AvgIpc) is 3.60. The molecule has 0 aliphatic rings. The number of carbonyl (C=O) groups is 1. The summed E-state index contributed by atoms with van der Waals surface area (Å²) in [5.74, 6) is -3.33. The molecule has 0 bridgehead atoms. The fourth-order valence-electron chi connectivity index (χ4n) is 4.76. The van der Waals surface area contributed by atoms with Crippen molar-refractivity contribution in [3.63, 3.8) is 0 Å². The molecule has 0 atom stereocenters.